The van der Waals surface area contributed by atoms with Crippen molar-refractivity contribution >= 4 is 34.5 Å². The third-order valence-corrected chi connectivity index (χ3v) is 7.54. The summed E-state index contributed by atoms with van der Waals surface area (Å²) in [5.74, 6) is -1.42. The molecular weight excluding hydrogens is 475 g/mol. The number of imide groups is 2. The Morgan fingerprint density at radius 1 is 0.838 bits per heavy atom. The molecule has 1 N–H and O–H groups in total. The van der Waals surface area contributed by atoms with Crippen molar-refractivity contribution < 1.29 is 23.6 Å². The van der Waals surface area contributed by atoms with Crippen molar-refractivity contribution in [3.05, 3.63) is 82.7 Å². The minimum Gasteiger partial charge on any atom is -0.299 e. The molecule has 3 heterocycles. The number of benzene rings is 3. The average molecular weight is 501 g/mol. The predicted octanol–water partition coefficient (Wildman–Crippen LogP) is 3.81. The van der Waals surface area contributed by atoms with Crippen LogP contribution in [0.25, 0.3) is 10.8 Å². The highest BCUT2D eigenvalue weighted by atomic mass is 19.1. The van der Waals surface area contributed by atoms with Crippen LogP contribution in [0.3, 0.4) is 0 Å². The summed E-state index contributed by atoms with van der Waals surface area (Å²) < 4.78 is 14.3. The lowest BCUT2D eigenvalue weighted by Gasteiger charge is -2.32. The molecule has 0 saturated carbocycles. The number of carbonyl (C=O) groups excluding carboxylic acids is 4. The molecule has 0 aliphatic carbocycles. The molecule has 2 saturated heterocycles. The Kier molecular flexibility index (Phi) is 5.72. The molecule has 3 aromatic rings. The second-order valence-electron chi connectivity index (χ2n) is 9.76. The van der Waals surface area contributed by atoms with Gasteiger partial charge in [-0.25, -0.2) is 14.2 Å². The third kappa shape index (κ3) is 4.05. The normalized spacial score (nSPS) is 19.1. The van der Waals surface area contributed by atoms with Gasteiger partial charge in [-0.05, 0) is 66.6 Å². The predicted molar refractivity (Wildman–Crippen MR) is 133 cm³/mol. The van der Waals surface area contributed by atoms with Crippen LogP contribution in [0.5, 0.6) is 0 Å². The minimum atomic E-state index is -0.775. The number of rotatable bonds is 4. The van der Waals surface area contributed by atoms with Gasteiger partial charge in [-0.3, -0.25) is 24.6 Å². The smallest absolute Gasteiger partial charge is 0.299 e. The van der Waals surface area contributed by atoms with Crippen molar-refractivity contribution in [1.82, 2.24) is 20.2 Å². The van der Waals surface area contributed by atoms with Crippen molar-refractivity contribution in [2.45, 2.75) is 31.7 Å². The fourth-order valence-electron chi connectivity index (χ4n) is 5.65. The number of nitrogens with one attached hydrogen (secondary N) is 1. The number of halogens is 1. The Balaban J connectivity index is 1.14. The number of piperidine rings is 1. The molecule has 0 aromatic heterocycles. The van der Waals surface area contributed by atoms with Gasteiger partial charge in [-0.15, -0.1) is 0 Å². The number of hydrazine groups is 1. The van der Waals surface area contributed by atoms with Crippen LogP contribution < -0.4 is 5.32 Å². The molecular formula is C28H25FN4O4. The highest BCUT2D eigenvalue weighted by Crippen LogP contribution is 2.34. The second kappa shape index (κ2) is 9.08. The van der Waals surface area contributed by atoms with E-state index in [-0.39, 0.29) is 29.9 Å². The lowest BCUT2D eigenvalue weighted by molar-refractivity contribution is -0.122. The Bertz CT molecular complexity index is 1460. The molecule has 8 nitrogen and oxygen atoms in total. The summed E-state index contributed by atoms with van der Waals surface area (Å²) in [4.78, 5) is 51.9. The fraction of sp³-hybridized carbons (Fsp3) is 0.286. The summed E-state index contributed by atoms with van der Waals surface area (Å²) in [6.07, 6.45) is 1.90. The van der Waals surface area contributed by atoms with Crippen LogP contribution >= 0.6 is 0 Å². The van der Waals surface area contributed by atoms with E-state index < -0.39 is 23.8 Å². The number of hydrogen-bond donors (Lipinski definition) is 1. The Labute approximate surface area is 212 Å². The first-order chi connectivity index (χ1) is 17.9. The van der Waals surface area contributed by atoms with E-state index in [2.05, 4.69) is 16.3 Å². The first kappa shape index (κ1) is 23.3. The van der Waals surface area contributed by atoms with E-state index in [0.29, 0.717) is 17.8 Å². The Morgan fingerprint density at radius 2 is 1.57 bits per heavy atom. The van der Waals surface area contributed by atoms with Crippen LogP contribution in [0.2, 0.25) is 0 Å². The molecule has 0 spiro atoms. The van der Waals surface area contributed by atoms with Crippen molar-refractivity contribution in [1.29, 1.82) is 0 Å². The van der Waals surface area contributed by atoms with Crippen molar-refractivity contribution in [3.8, 4) is 0 Å². The molecule has 6 rings (SSSR count). The van der Waals surface area contributed by atoms with Crippen LogP contribution in [-0.2, 0) is 11.3 Å². The van der Waals surface area contributed by atoms with Crippen LogP contribution in [-0.4, -0.2) is 58.3 Å². The first-order valence-corrected chi connectivity index (χ1v) is 12.4. The fourth-order valence-corrected chi connectivity index (χ4v) is 5.65. The standard InChI is InChI=1S/C28H25FN4O4/c29-24-6-2-4-20-19(3-1-5-21(20)24)18-9-12-31(13-10-18)16-17-7-8-22-23(15-17)27(36)33(26(22)35)32-14-11-25(34)30-28(32)37/h1-8,15,18H,9-14,16H2,(H,30,34,37). The molecule has 37 heavy (non-hydrogen) atoms. The van der Waals surface area contributed by atoms with Gasteiger partial charge in [0.2, 0.25) is 5.91 Å². The van der Waals surface area contributed by atoms with Crippen LogP contribution in [0.15, 0.2) is 54.6 Å². The molecule has 2 fully saturated rings. The number of carbonyl (C=O) groups is 4. The molecule has 0 radical (unpaired) electrons. The van der Waals surface area contributed by atoms with E-state index in [1.54, 1.807) is 18.2 Å². The topological polar surface area (TPSA) is 90.0 Å². The maximum absolute atomic E-state index is 14.3. The van der Waals surface area contributed by atoms with Crippen LogP contribution in [0.4, 0.5) is 9.18 Å². The number of nitrogens with zero attached hydrogens (tertiary/aromatic N) is 3. The molecule has 9 heteroatoms. The largest absolute Gasteiger partial charge is 0.343 e. The summed E-state index contributed by atoms with van der Waals surface area (Å²) in [6.45, 7) is 2.31. The SMILES string of the molecule is O=C1CCN(N2C(=O)c3ccc(CN4CCC(c5cccc6c(F)cccc56)CC4)cc3C2=O)C(=O)N1. The molecule has 3 aliphatic heterocycles. The summed E-state index contributed by atoms with van der Waals surface area (Å²) in [5.41, 5.74) is 2.60. The monoisotopic (exact) mass is 500 g/mol. The highest BCUT2D eigenvalue weighted by molar-refractivity contribution is 6.22. The Morgan fingerprint density at radius 3 is 2.35 bits per heavy atom. The highest BCUT2D eigenvalue weighted by Gasteiger charge is 2.43. The lowest BCUT2D eigenvalue weighted by atomic mass is 9.86. The number of amides is 5. The third-order valence-electron chi connectivity index (χ3n) is 7.54. The van der Waals surface area contributed by atoms with Gasteiger partial charge in [0.15, 0.2) is 0 Å². The zero-order valence-electron chi connectivity index (χ0n) is 20.1. The van der Waals surface area contributed by atoms with Crippen molar-refractivity contribution in [3.63, 3.8) is 0 Å². The van der Waals surface area contributed by atoms with Crippen LogP contribution in [0.1, 0.15) is 57.0 Å². The second-order valence-corrected chi connectivity index (χ2v) is 9.76. The van der Waals surface area contributed by atoms with Gasteiger partial charge in [-0.2, -0.15) is 5.01 Å². The zero-order valence-corrected chi connectivity index (χ0v) is 20.1. The Hall–Kier alpha value is -4.11. The summed E-state index contributed by atoms with van der Waals surface area (Å²) in [6, 6.07) is 15.5. The molecule has 0 bridgehead atoms. The molecule has 3 aliphatic rings. The van der Waals surface area contributed by atoms with E-state index in [9.17, 15) is 23.6 Å². The lowest BCUT2D eigenvalue weighted by Crippen LogP contribution is -2.58. The molecule has 5 amide bonds. The number of urea groups is 1. The van der Waals surface area contributed by atoms with Crippen LogP contribution in [0, 0.1) is 5.82 Å². The minimum absolute atomic E-state index is 0.0219. The molecule has 3 aromatic carbocycles. The maximum Gasteiger partial charge on any atom is 0.343 e. The number of likely N-dealkylation sites (tertiary alicyclic amines) is 1. The maximum atomic E-state index is 14.3. The zero-order chi connectivity index (χ0) is 25.7. The van der Waals surface area contributed by atoms with Gasteiger partial charge in [0, 0.05) is 18.4 Å². The van der Waals surface area contributed by atoms with E-state index in [1.807, 2.05) is 24.3 Å². The molecule has 0 unspecified atom stereocenters. The number of hydrogen-bond acceptors (Lipinski definition) is 5. The van der Waals surface area contributed by atoms with E-state index in [1.165, 1.54) is 11.6 Å². The van der Waals surface area contributed by atoms with E-state index in [4.69, 9.17) is 0 Å². The summed E-state index contributed by atoms with van der Waals surface area (Å²) in [7, 11) is 0. The first-order valence-electron chi connectivity index (χ1n) is 12.4. The van der Waals surface area contributed by atoms with Gasteiger partial charge in [0.05, 0.1) is 17.7 Å². The van der Waals surface area contributed by atoms with Gasteiger partial charge in [0.1, 0.15) is 5.82 Å². The molecule has 188 valence electrons. The van der Waals surface area contributed by atoms with Gasteiger partial charge >= 0.3 is 6.03 Å². The summed E-state index contributed by atoms with van der Waals surface area (Å²) in [5, 5.41) is 5.59. The van der Waals surface area contributed by atoms with Gasteiger partial charge in [-0.1, -0.05) is 36.4 Å². The van der Waals surface area contributed by atoms with Crippen molar-refractivity contribution in [2.75, 3.05) is 19.6 Å². The molecule has 0 atom stereocenters. The van der Waals surface area contributed by atoms with E-state index >= 15 is 0 Å². The van der Waals surface area contributed by atoms with Gasteiger partial charge < -0.3 is 0 Å². The average Bonchev–Trinajstić information content (AvgIpc) is 3.14. The van der Waals surface area contributed by atoms with Gasteiger partial charge in [0.25, 0.3) is 11.8 Å². The quantitative estimate of drug-likeness (QED) is 0.551. The van der Waals surface area contributed by atoms with E-state index in [0.717, 1.165) is 46.9 Å². The van der Waals surface area contributed by atoms with Crippen molar-refractivity contribution in [2.24, 2.45) is 0 Å². The summed E-state index contributed by atoms with van der Waals surface area (Å²) >= 11 is 0. The number of fused-ring (bicyclic) bond motifs is 2.